The Balaban J connectivity index is 2.20. The van der Waals surface area contributed by atoms with Crippen LogP contribution >= 0.6 is 0 Å². The quantitative estimate of drug-likeness (QED) is 0.761. The van der Waals surface area contributed by atoms with Gasteiger partial charge in [-0.1, -0.05) is 18.2 Å². The van der Waals surface area contributed by atoms with E-state index in [1.54, 1.807) is 0 Å². The number of aromatic nitrogens is 2. The minimum absolute atomic E-state index is 0.00996. The van der Waals surface area contributed by atoms with Crippen molar-refractivity contribution >= 4 is 22.9 Å². The number of carbonyl (C=O) groups excluding carboxylic acids is 1. The van der Waals surface area contributed by atoms with E-state index in [0.717, 1.165) is 11.0 Å². The van der Waals surface area contributed by atoms with Crippen molar-refractivity contribution in [2.24, 2.45) is 0 Å². The number of Topliss-reactive ketones (excluding diaryl/α,β-unsaturated/α-hetero) is 1. The number of carbonyl (C=O) groups is 1. The van der Waals surface area contributed by atoms with Crippen molar-refractivity contribution in [3.8, 4) is 0 Å². The van der Waals surface area contributed by atoms with Crippen LogP contribution < -0.4 is 0 Å². The number of rotatable bonds is 1. The highest BCUT2D eigenvalue weighted by atomic mass is 16.1. The van der Waals surface area contributed by atoms with Crippen molar-refractivity contribution in [3.05, 3.63) is 41.7 Å². The average Bonchev–Trinajstić information content (AvgIpc) is 2.37. The van der Waals surface area contributed by atoms with Gasteiger partial charge in [-0.25, -0.2) is 9.97 Å². The molecule has 0 aliphatic heterocycles. The van der Waals surface area contributed by atoms with Gasteiger partial charge in [-0.15, -0.1) is 0 Å². The van der Waals surface area contributed by atoms with Gasteiger partial charge in [-0.3, -0.25) is 9.69 Å². The molecule has 3 rings (SSSR count). The summed E-state index contributed by atoms with van der Waals surface area (Å²) >= 11 is 0. The van der Waals surface area contributed by atoms with Gasteiger partial charge in [0.15, 0.2) is 0 Å². The Labute approximate surface area is 105 Å². The normalized spacial score (nSPS) is 18.4. The molecule has 18 heavy (non-hydrogen) atoms. The van der Waals surface area contributed by atoms with Crippen LogP contribution in [0.15, 0.2) is 30.3 Å². The zero-order valence-electron chi connectivity index (χ0n) is 10.3. The largest absolute Gasteiger partial charge is 0.296 e. The molecule has 4 heteroatoms. The fraction of sp³-hybridized carbons (Fsp3) is 0.214. The number of hydrogen-bond acceptors (Lipinski definition) is 4. The maximum atomic E-state index is 12.3. The second-order valence-corrected chi connectivity index (χ2v) is 4.58. The summed E-state index contributed by atoms with van der Waals surface area (Å²) in [6.07, 6.45) is 3.74. The second-order valence-electron chi connectivity index (χ2n) is 4.58. The molecule has 4 nitrogen and oxygen atoms in total. The maximum Gasteiger partial charge on any atom is 0.204 e. The summed E-state index contributed by atoms with van der Waals surface area (Å²) in [5.41, 5.74) is 2.71. The first kappa shape index (κ1) is 11.0. The van der Waals surface area contributed by atoms with Crippen LogP contribution in [0.5, 0.6) is 0 Å². The van der Waals surface area contributed by atoms with Gasteiger partial charge in [0.1, 0.15) is 5.69 Å². The van der Waals surface area contributed by atoms with Crippen molar-refractivity contribution in [2.75, 3.05) is 14.1 Å². The van der Waals surface area contributed by atoms with E-state index in [9.17, 15) is 4.79 Å². The van der Waals surface area contributed by atoms with E-state index in [1.165, 1.54) is 0 Å². The van der Waals surface area contributed by atoms with Gasteiger partial charge in [-0.05, 0) is 32.3 Å². The zero-order valence-corrected chi connectivity index (χ0v) is 10.3. The smallest absolute Gasteiger partial charge is 0.204 e. The molecule has 1 atom stereocenters. The Kier molecular flexibility index (Phi) is 2.45. The van der Waals surface area contributed by atoms with Gasteiger partial charge in [0.05, 0.1) is 22.8 Å². The van der Waals surface area contributed by atoms with E-state index >= 15 is 0 Å². The maximum absolute atomic E-state index is 12.3. The summed E-state index contributed by atoms with van der Waals surface area (Å²) in [6, 6.07) is 7.35. The van der Waals surface area contributed by atoms with Crippen LogP contribution in [0, 0.1) is 0 Å². The molecule has 0 fully saturated rings. The molecule has 1 unspecified atom stereocenters. The monoisotopic (exact) mass is 239 g/mol. The van der Waals surface area contributed by atoms with E-state index in [1.807, 2.05) is 55.4 Å². The standard InChI is InChI=1S/C14H13N3O/c1-17(2)12-8-7-11-13(14(12)18)16-10-6-4-3-5-9(10)15-11/h3-8,12H,1-2H3. The molecule has 0 N–H and O–H groups in total. The number of nitrogens with zero attached hydrogens (tertiary/aromatic N) is 3. The van der Waals surface area contributed by atoms with Crippen LogP contribution in [0.25, 0.3) is 17.1 Å². The fourth-order valence-corrected chi connectivity index (χ4v) is 2.13. The molecule has 0 bridgehead atoms. The predicted molar refractivity (Wildman–Crippen MR) is 70.4 cm³/mol. The lowest BCUT2D eigenvalue weighted by molar-refractivity contribution is 0.0904. The first-order valence-corrected chi connectivity index (χ1v) is 5.82. The molecule has 2 aromatic rings. The van der Waals surface area contributed by atoms with Crippen LogP contribution in [0.2, 0.25) is 0 Å². The molecule has 0 saturated heterocycles. The highest BCUT2D eigenvalue weighted by Gasteiger charge is 2.27. The molecule has 1 aromatic carbocycles. The molecule has 0 amide bonds. The summed E-state index contributed by atoms with van der Waals surface area (Å²) in [7, 11) is 3.76. The van der Waals surface area contributed by atoms with Crippen molar-refractivity contribution < 1.29 is 4.79 Å². The van der Waals surface area contributed by atoms with Crippen LogP contribution in [-0.2, 0) is 0 Å². The average molecular weight is 239 g/mol. The third-order valence-electron chi connectivity index (χ3n) is 3.09. The molecule has 0 radical (unpaired) electrons. The summed E-state index contributed by atoms with van der Waals surface area (Å²) in [4.78, 5) is 23.1. The Morgan fingerprint density at radius 1 is 1.11 bits per heavy atom. The summed E-state index contributed by atoms with van der Waals surface area (Å²) in [5.74, 6) is 0.00996. The van der Waals surface area contributed by atoms with Crippen LogP contribution in [-0.4, -0.2) is 40.8 Å². The second kappa shape index (κ2) is 3.99. The molecular weight excluding hydrogens is 226 g/mol. The third kappa shape index (κ3) is 1.62. The zero-order chi connectivity index (χ0) is 12.7. The lowest BCUT2D eigenvalue weighted by atomic mass is 10.00. The van der Waals surface area contributed by atoms with E-state index < -0.39 is 0 Å². The number of ketones is 1. The van der Waals surface area contributed by atoms with Crippen LogP contribution in [0.1, 0.15) is 16.2 Å². The first-order valence-electron chi connectivity index (χ1n) is 5.82. The topological polar surface area (TPSA) is 46.1 Å². The van der Waals surface area contributed by atoms with E-state index in [0.29, 0.717) is 11.4 Å². The van der Waals surface area contributed by atoms with E-state index in [2.05, 4.69) is 9.97 Å². The van der Waals surface area contributed by atoms with Gasteiger partial charge in [0.2, 0.25) is 5.78 Å². The van der Waals surface area contributed by atoms with Crippen molar-refractivity contribution in [1.29, 1.82) is 0 Å². The molecule has 1 aliphatic carbocycles. The minimum atomic E-state index is -0.243. The number of hydrogen-bond donors (Lipinski definition) is 0. The molecule has 1 aromatic heterocycles. The Morgan fingerprint density at radius 3 is 2.44 bits per heavy atom. The molecule has 90 valence electrons. The summed E-state index contributed by atoms with van der Waals surface area (Å²) in [5, 5.41) is 0. The third-order valence-corrected chi connectivity index (χ3v) is 3.09. The first-order chi connectivity index (χ1) is 8.66. The number of likely N-dealkylation sites (N-methyl/N-ethyl adjacent to an activating group) is 1. The minimum Gasteiger partial charge on any atom is -0.296 e. The molecular formula is C14H13N3O. The predicted octanol–water partition coefficient (Wildman–Crippen LogP) is 1.77. The Hall–Kier alpha value is -2.07. The van der Waals surface area contributed by atoms with Gasteiger partial charge in [-0.2, -0.15) is 0 Å². The lowest BCUT2D eigenvalue weighted by Gasteiger charge is -2.22. The van der Waals surface area contributed by atoms with Crippen molar-refractivity contribution in [3.63, 3.8) is 0 Å². The molecule has 0 spiro atoms. The van der Waals surface area contributed by atoms with E-state index in [4.69, 9.17) is 0 Å². The number of para-hydroxylation sites is 2. The summed E-state index contributed by atoms with van der Waals surface area (Å²) < 4.78 is 0. The van der Waals surface area contributed by atoms with Crippen molar-refractivity contribution in [1.82, 2.24) is 14.9 Å². The highest BCUT2D eigenvalue weighted by molar-refractivity contribution is 6.05. The van der Waals surface area contributed by atoms with Crippen molar-refractivity contribution in [2.45, 2.75) is 6.04 Å². The van der Waals surface area contributed by atoms with Crippen LogP contribution in [0.4, 0.5) is 0 Å². The van der Waals surface area contributed by atoms with Gasteiger partial charge >= 0.3 is 0 Å². The van der Waals surface area contributed by atoms with Crippen LogP contribution in [0.3, 0.4) is 0 Å². The highest BCUT2D eigenvalue weighted by Crippen LogP contribution is 2.21. The Morgan fingerprint density at radius 2 is 1.78 bits per heavy atom. The van der Waals surface area contributed by atoms with Gasteiger partial charge in [0.25, 0.3) is 0 Å². The molecule has 1 heterocycles. The van der Waals surface area contributed by atoms with Gasteiger partial charge < -0.3 is 0 Å². The fourth-order valence-electron chi connectivity index (χ4n) is 2.13. The van der Waals surface area contributed by atoms with Gasteiger partial charge in [0, 0.05) is 0 Å². The Bertz CT molecular complexity index is 661. The molecule has 0 saturated carbocycles. The van der Waals surface area contributed by atoms with E-state index in [-0.39, 0.29) is 11.8 Å². The number of benzene rings is 1. The SMILES string of the molecule is CN(C)C1C=Cc2nc3ccccc3nc2C1=O. The summed E-state index contributed by atoms with van der Waals surface area (Å²) in [6.45, 7) is 0. The number of fused-ring (bicyclic) bond motifs is 2. The lowest BCUT2D eigenvalue weighted by Crippen LogP contribution is -2.36. The molecule has 1 aliphatic rings.